The third kappa shape index (κ3) is 4.77. The SMILES string of the molecule is C#CCOc1c(Cl)cc(C=Nn2c([C@@H](C)CC)nc3ccc(Br)cc3c2=O)cc1Br. The number of aromatic nitrogens is 2. The first-order chi connectivity index (χ1) is 14.3. The van der Waals surface area contributed by atoms with Gasteiger partial charge in [-0.25, -0.2) is 4.98 Å². The molecule has 0 aliphatic rings. The molecule has 0 fully saturated rings. The van der Waals surface area contributed by atoms with E-state index in [0.29, 0.717) is 37.5 Å². The van der Waals surface area contributed by atoms with Crippen LogP contribution in [0.4, 0.5) is 0 Å². The number of halogens is 3. The van der Waals surface area contributed by atoms with Crippen molar-refractivity contribution in [2.24, 2.45) is 5.10 Å². The second-order valence-corrected chi connectivity index (χ2v) is 8.79. The van der Waals surface area contributed by atoms with Gasteiger partial charge in [-0.1, -0.05) is 47.3 Å². The van der Waals surface area contributed by atoms with Crippen molar-refractivity contribution >= 4 is 60.6 Å². The molecule has 0 aliphatic heterocycles. The lowest BCUT2D eigenvalue weighted by Gasteiger charge is -2.14. The van der Waals surface area contributed by atoms with Gasteiger partial charge in [-0.2, -0.15) is 9.78 Å². The van der Waals surface area contributed by atoms with Gasteiger partial charge in [0.15, 0.2) is 5.75 Å². The fourth-order valence-corrected chi connectivity index (χ4v) is 4.16. The fraction of sp³-hybridized carbons (Fsp3) is 0.227. The molecular weight excluding hydrogens is 534 g/mol. The van der Waals surface area contributed by atoms with E-state index in [1.165, 1.54) is 4.68 Å². The van der Waals surface area contributed by atoms with Crippen LogP contribution in [0, 0.1) is 12.3 Å². The second-order valence-electron chi connectivity index (χ2n) is 6.61. The van der Waals surface area contributed by atoms with E-state index >= 15 is 0 Å². The molecule has 0 saturated heterocycles. The third-order valence-electron chi connectivity index (χ3n) is 4.53. The summed E-state index contributed by atoms with van der Waals surface area (Å²) >= 11 is 13.2. The summed E-state index contributed by atoms with van der Waals surface area (Å²) < 4.78 is 8.25. The lowest BCUT2D eigenvalue weighted by atomic mass is 10.1. The smallest absolute Gasteiger partial charge is 0.282 e. The largest absolute Gasteiger partial charge is 0.478 e. The molecule has 154 valence electrons. The first-order valence-electron chi connectivity index (χ1n) is 9.17. The molecule has 1 atom stereocenters. The summed E-state index contributed by atoms with van der Waals surface area (Å²) in [5, 5.41) is 5.32. The first kappa shape index (κ1) is 22.5. The molecule has 1 aromatic heterocycles. The van der Waals surface area contributed by atoms with E-state index < -0.39 is 0 Å². The van der Waals surface area contributed by atoms with Gasteiger partial charge in [0.25, 0.3) is 5.56 Å². The van der Waals surface area contributed by atoms with Crippen LogP contribution in [-0.2, 0) is 0 Å². The minimum atomic E-state index is -0.230. The Morgan fingerprint density at radius 3 is 2.80 bits per heavy atom. The minimum Gasteiger partial charge on any atom is -0.478 e. The molecule has 0 saturated carbocycles. The van der Waals surface area contributed by atoms with Gasteiger partial charge < -0.3 is 4.74 Å². The molecule has 0 amide bonds. The fourth-order valence-electron chi connectivity index (χ4n) is 2.81. The van der Waals surface area contributed by atoms with Crippen molar-refractivity contribution in [2.75, 3.05) is 6.61 Å². The average Bonchev–Trinajstić information content (AvgIpc) is 2.72. The number of hydrogen-bond donors (Lipinski definition) is 0. The average molecular weight is 552 g/mol. The van der Waals surface area contributed by atoms with Gasteiger partial charge in [-0.15, -0.1) is 6.42 Å². The maximum atomic E-state index is 13.2. The normalized spacial score (nSPS) is 12.3. The molecule has 1 heterocycles. The van der Waals surface area contributed by atoms with Crippen molar-refractivity contribution in [1.29, 1.82) is 0 Å². The van der Waals surface area contributed by atoms with Crippen LogP contribution in [0.2, 0.25) is 5.02 Å². The van der Waals surface area contributed by atoms with E-state index in [2.05, 4.69) is 42.9 Å². The minimum absolute atomic E-state index is 0.0535. The molecule has 0 radical (unpaired) electrons. The molecule has 8 heteroatoms. The Labute approximate surface area is 196 Å². The van der Waals surface area contributed by atoms with E-state index in [1.807, 2.05) is 26.0 Å². The molecule has 0 unspecified atom stereocenters. The Balaban J connectivity index is 2.10. The van der Waals surface area contributed by atoms with Gasteiger partial charge in [0.05, 0.1) is 26.6 Å². The molecule has 0 aliphatic carbocycles. The van der Waals surface area contributed by atoms with Crippen LogP contribution in [-0.4, -0.2) is 22.5 Å². The monoisotopic (exact) mass is 549 g/mol. The maximum absolute atomic E-state index is 13.2. The van der Waals surface area contributed by atoms with Crippen LogP contribution in [0.3, 0.4) is 0 Å². The summed E-state index contributed by atoms with van der Waals surface area (Å²) in [5.41, 5.74) is 1.11. The predicted octanol–water partition coefficient (Wildman–Crippen LogP) is 5.98. The number of nitrogens with zero attached hydrogens (tertiary/aromatic N) is 3. The van der Waals surface area contributed by atoms with Crippen LogP contribution in [0.1, 0.15) is 37.6 Å². The Morgan fingerprint density at radius 1 is 1.37 bits per heavy atom. The lowest BCUT2D eigenvalue weighted by Crippen LogP contribution is -2.23. The van der Waals surface area contributed by atoms with E-state index in [4.69, 9.17) is 27.7 Å². The van der Waals surface area contributed by atoms with E-state index in [-0.39, 0.29) is 18.1 Å². The van der Waals surface area contributed by atoms with Gasteiger partial charge in [-0.3, -0.25) is 4.79 Å². The molecule has 3 aromatic rings. The predicted molar refractivity (Wildman–Crippen MR) is 129 cm³/mol. The molecular formula is C22H18Br2ClN3O2. The van der Waals surface area contributed by atoms with E-state index in [1.54, 1.807) is 24.4 Å². The second kappa shape index (κ2) is 9.78. The summed E-state index contributed by atoms with van der Waals surface area (Å²) in [6, 6.07) is 8.93. The quantitative estimate of drug-likeness (QED) is 0.280. The van der Waals surface area contributed by atoms with Crippen molar-refractivity contribution in [3.63, 3.8) is 0 Å². The molecule has 0 N–H and O–H groups in total. The van der Waals surface area contributed by atoms with Crippen molar-refractivity contribution < 1.29 is 4.74 Å². The van der Waals surface area contributed by atoms with Crippen molar-refractivity contribution in [3.8, 4) is 18.1 Å². The van der Waals surface area contributed by atoms with Crippen LogP contribution in [0.25, 0.3) is 10.9 Å². The highest BCUT2D eigenvalue weighted by molar-refractivity contribution is 9.10. The zero-order valence-electron chi connectivity index (χ0n) is 16.3. The third-order valence-corrected chi connectivity index (χ3v) is 5.89. The van der Waals surface area contributed by atoms with Crippen LogP contribution >= 0.6 is 43.5 Å². The van der Waals surface area contributed by atoms with Crippen molar-refractivity contribution in [3.05, 3.63) is 66.0 Å². The van der Waals surface area contributed by atoms with Crippen LogP contribution in [0.15, 0.2) is 49.2 Å². The van der Waals surface area contributed by atoms with Crippen LogP contribution < -0.4 is 10.3 Å². The van der Waals surface area contributed by atoms with Gasteiger partial charge in [0.1, 0.15) is 12.4 Å². The van der Waals surface area contributed by atoms with Crippen molar-refractivity contribution in [1.82, 2.24) is 9.66 Å². The van der Waals surface area contributed by atoms with Gasteiger partial charge in [0, 0.05) is 10.4 Å². The van der Waals surface area contributed by atoms with Gasteiger partial charge in [-0.05, 0) is 58.2 Å². The number of benzene rings is 2. The lowest BCUT2D eigenvalue weighted by molar-refractivity contribution is 0.368. The highest BCUT2D eigenvalue weighted by atomic mass is 79.9. The highest BCUT2D eigenvalue weighted by Crippen LogP contribution is 2.34. The molecule has 0 bridgehead atoms. The van der Waals surface area contributed by atoms with Gasteiger partial charge in [0.2, 0.25) is 0 Å². The molecule has 3 rings (SSSR count). The number of ether oxygens (including phenoxy) is 1. The van der Waals surface area contributed by atoms with Crippen LogP contribution in [0.5, 0.6) is 5.75 Å². The maximum Gasteiger partial charge on any atom is 0.282 e. The van der Waals surface area contributed by atoms with Gasteiger partial charge >= 0.3 is 0 Å². The summed E-state index contributed by atoms with van der Waals surface area (Å²) in [7, 11) is 0. The molecule has 30 heavy (non-hydrogen) atoms. The molecule has 2 aromatic carbocycles. The standard InChI is InChI=1S/C22H18Br2ClN3O2/c1-4-8-30-20-17(24)9-14(10-18(20)25)12-26-28-21(13(3)5-2)27-19-7-6-15(23)11-16(19)22(28)29/h1,6-7,9-13H,5,8H2,2-3H3/t13-/m0/s1. The summed E-state index contributed by atoms with van der Waals surface area (Å²) in [6.07, 6.45) is 7.63. The number of terminal acetylenes is 1. The summed E-state index contributed by atoms with van der Waals surface area (Å²) in [5.74, 6) is 3.52. The zero-order chi connectivity index (χ0) is 21.8. The number of rotatable bonds is 6. The number of hydrogen-bond acceptors (Lipinski definition) is 4. The Bertz CT molecular complexity index is 1210. The molecule has 5 nitrogen and oxygen atoms in total. The Kier molecular flexibility index (Phi) is 7.35. The zero-order valence-corrected chi connectivity index (χ0v) is 20.3. The first-order valence-corrected chi connectivity index (χ1v) is 11.1. The van der Waals surface area contributed by atoms with E-state index in [0.717, 1.165) is 10.9 Å². The van der Waals surface area contributed by atoms with E-state index in [9.17, 15) is 4.79 Å². The topological polar surface area (TPSA) is 56.5 Å². The Morgan fingerprint density at radius 2 is 2.13 bits per heavy atom. The number of fused-ring (bicyclic) bond motifs is 1. The van der Waals surface area contributed by atoms with Crippen molar-refractivity contribution in [2.45, 2.75) is 26.2 Å². The highest BCUT2D eigenvalue weighted by Gasteiger charge is 2.16. The summed E-state index contributed by atoms with van der Waals surface area (Å²) in [6.45, 7) is 4.17. The molecule has 0 spiro atoms. The summed E-state index contributed by atoms with van der Waals surface area (Å²) in [4.78, 5) is 17.9. The Hall–Kier alpha value is -2.14.